The molecular weight excluding hydrogens is 356 g/mol. The molecule has 0 aliphatic carbocycles. The van der Waals surface area contributed by atoms with Crippen LogP contribution in [0, 0.1) is 23.7 Å². The molecule has 2 N–H and O–H groups in total. The highest BCUT2D eigenvalue weighted by molar-refractivity contribution is 5.24. The molecule has 4 saturated heterocycles. The van der Waals surface area contributed by atoms with Crippen molar-refractivity contribution in [2.24, 2.45) is 23.7 Å². The molecule has 0 aromatic carbocycles. The van der Waals surface area contributed by atoms with Gasteiger partial charge in [0.25, 0.3) is 0 Å². The summed E-state index contributed by atoms with van der Waals surface area (Å²) in [6.45, 7) is 16.0. The maximum absolute atomic E-state index is 11.5. The van der Waals surface area contributed by atoms with E-state index in [-0.39, 0.29) is 23.9 Å². The van der Waals surface area contributed by atoms with Gasteiger partial charge in [-0.05, 0) is 32.3 Å². The number of hydrogen-bond acceptors (Lipinski definition) is 5. The molecule has 4 aliphatic rings. The molecule has 7 unspecified atom stereocenters. The van der Waals surface area contributed by atoms with Crippen molar-refractivity contribution in [2.45, 2.75) is 97.8 Å². The summed E-state index contributed by atoms with van der Waals surface area (Å²) in [6, 6.07) is 0. The summed E-state index contributed by atoms with van der Waals surface area (Å²) in [6.07, 6.45) is 4.80. The molecule has 0 aromatic rings. The minimum absolute atomic E-state index is 0.00381. The molecule has 28 heavy (non-hydrogen) atoms. The van der Waals surface area contributed by atoms with Gasteiger partial charge < -0.3 is 24.4 Å². The van der Waals surface area contributed by atoms with Crippen LogP contribution < -0.4 is 0 Å². The number of rotatable bonds is 6. The third kappa shape index (κ3) is 2.85. The van der Waals surface area contributed by atoms with Gasteiger partial charge >= 0.3 is 0 Å². The quantitative estimate of drug-likeness (QED) is 0.663. The van der Waals surface area contributed by atoms with Gasteiger partial charge in [0, 0.05) is 17.8 Å². The molecule has 160 valence electrons. The standard InChI is InChI=1S/C23H38O5/c1-9-11-13(3)12-14(4)19(24)15(5)23-18(8)22(25)17(7)20(26-23)16(6)21(10-2,27-22)28-23/h11-12,15-20,24-25H,9-10H2,1-8H3/b13-11+,14-12+/t15-,16?,17?,18?,19-,20?,21?,22?,23?/m1/s1. The van der Waals surface area contributed by atoms with E-state index in [0.717, 1.165) is 17.6 Å². The van der Waals surface area contributed by atoms with E-state index in [1.54, 1.807) is 0 Å². The van der Waals surface area contributed by atoms with Crippen LogP contribution in [0.3, 0.4) is 0 Å². The topological polar surface area (TPSA) is 68.2 Å². The fourth-order valence-corrected chi connectivity index (χ4v) is 5.67. The Morgan fingerprint density at radius 2 is 1.75 bits per heavy atom. The van der Waals surface area contributed by atoms with Crippen LogP contribution in [0.2, 0.25) is 0 Å². The van der Waals surface area contributed by atoms with Gasteiger partial charge in [0.15, 0.2) is 17.4 Å². The normalized spacial score (nSPS) is 48.1. The molecule has 4 aliphatic heterocycles. The number of hydrogen-bond donors (Lipinski definition) is 2. The van der Waals surface area contributed by atoms with Gasteiger partial charge in [-0.1, -0.05) is 59.3 Å². The van der Waals surface area contributed by atoms with Gasteiger partial charge in [0.1, 0.15) is 0 Å². The number of allylic oxidation sites excluding steroid dienone is 3. The smallest absolute Gasteiger partial charge is 0.185 e. The summed E-state index contributed by atoms with van der Waals surface area (Å²) in [5.74, 6) is -4.26. The minimum atomic E-state index is -1.33. The molecule has 0 saturated carbocycles. The van der Waals surface area contributed by atoms with Crippen LogP contribution in [-0.2, 0) is 14.2 Å². The molecule has 0 radical (unpaired) electrons. The third-order valence-corrected chi connectivity index (χ3v) is 7.59. The Labute approximate surface area is 169 Å². The van der Waals surface area contributed by atoms with Crippen LogP contribution in [0.25, 0.3) is 0 Å². The van der Waals surface area contributed by atoms with Crippen LogP contribution in [0.4, 0.5) is 0 Å². The van der Waals surface area contributed by atoms with Gasteiger partial charge in [-0.2, -0.15) is 0 Å². The Hall–Kier alpha value is -0.720. The molecule has 0 amide bonds. The van der Waals surface area contributed by atoms with Crippen molar-refractivity contribution in [3.05, 3.63) is 23.3 Å². The summed E-state index contributed by atoms with van der Waals surface area (Å²) >= 11 is 0. The number of ether oxygens (including phenoxy) is 3. The molecule has 5 nitrogen and oxygen atoms in total. The lowest BCUT2D eigenvalue weighted by Gasteiger charge is -2.72. The maximum atomic E-state index is 11.5. The average molecular weight is 395 g/mol. The van der Waals surface area contributed by atoms with Crippen molar-refractivity contribution < 1.29 is 24.4 Å². The van der Waals surface area contributed by atoms with Crippen molar-refractivity contribution in [2.75, 3.05) is 0 Å². The first-order valence-corrected chi connectivity index (χ1v) is 10.8. The predicted molar refractivity (Wildman–Crippen MR) is 108 cm³/mol. The number of aliphatic hydroxyl groups is 2. The zero-order chi connectivity index (χ0) is 21.1. The predicted octanol–water partition coefficient (Wildman–Crippen LogP) is 4.14. The average Bonchev–Trinajstić information content (AvgIpc) is 2.65. The van der Waals surface area contributed by atoms with Crippen LogP contribution >= 0.6 is 0 Å². The minimum Gasteiger partial charge on any atom is -0.388 e. The Morgan fingerprint density at radius 1 is 1.11 bits per heavy atom. The molecule has 5 heteroatoms. The van der Waals surface area contributed by atoms with Crippen LogP contribution in [0.1, 0.15) is 68.2 Å². The Kier molecular flexibility index (Phi) is 5.66. The fraction of sp³-hybridized carbons (Fsp3) is 0.826. The molecule has 4 rings (SSSR count). The zero-order valence-corrected chi connectivity index (χ0v) is 18.7. The largest absolute Gasteiger partial charge is 0.388 e. The molecule has 4 bridgehead atoms. The van der Waals surface area contributed by atoms with Crippen molar-refractivity contribution >= 4 is 0 Å². The highest BCUT2D eigenvalue weighted by Crippen LogP contribution is 2.64. The lowest BCUT2D eigenvalue weighted by Crippen LogP contribution is -2.83. The van der Waals surface area contributed by atoms with Gasteiger partial charge in [0.2, 0.25) is 0 Å². The first kappa shape index (κ1) is 22.0. The lowest BCUT2D eigenvalue weighted by molar-refractivity contribution is -0.593. The SMILES string of the molecule is CC/C=C(C)/C=C(\C)[C@@H](O)[C@@H](C)C12OC3C(C)C(CC)(OC(O)(C3C)C1C)O2. The van der Waals surface area contributed by atoms with Gasteiger partial charge in [-0.3, -0.25) is 0 Å². The van der Waals surface area contributed by atoms with E-state index in [9.17, 15) is 10.2 Å². The maximum Gasteiger partial charge on any atom is 0.185 e. The second kappa shape index (κ2) is 7.21. The zero-order valence-electron chi connectivity index (χ0n) is 18.7. The van der Waals surface area contributed by atoms with E-state index in [2.05, 4.69) is 19.9 Å². The lowest BCUT2D eigenvalue weighted by atomic mass is 9.64. The summed E-state index contributed by atoms with van der Waals surface area (Å²) in [5.41, 5.74) is 1.99. The second-order valence-electron chi connectivity index (χ2n) is 9.20. The van der Waals surface area contributed by atoms with E-state index in [0.29, 0.717) is 6.42 Å². The van der Waals surface area contributed by atoms with E-state index < -0.39 is 29.4 Å². The highest BCUT2D eigenvalue weighted by Gasteiger charge is 2.76. The van der Waals surface area contributed by atoms with Gasteiger partial charge in [-0.25, -0.2) is 0 Å². The summed E-state index contributed by atoms with van der Waals surface area (Å²) in [4.78, 5) is 0. The second-order valence-corrected chi connectivity index (χ2v) is 9.20. The van der Waals surface area contributed by atoms with Crippen molar-refractivity contribution in [3.63, 3.8) is 0 Å². The molecule has 4 heterocycles. The van der Waals surface area contributed by atoms with E-state index in [1.165, 1.54) is 0 Å². The van der Waals surface area contributed by atoms with Crippen LogP contribution in [0.15, 0.2) is 23.3 Å². The summed E-state index contributed by atoms with van der Waals surface area (Å²) in [7, 11) is 0. The highest BCUT2D eigenvalue weighted by atomic mass is 16.9. The van der Waals surface area contributed by atoms with Crippen molar-refractivity contribution in [1.29, 1.82) is 0 Å². The Bertz CT molecular complexity index is 662. The molecule has 0 spiro atoms. The first-order valence-electron chi connectivity index (χ1n) is 10.8. The third-order valence-electron chi connectivity index (χ3n) is 7.59. The first-order chi connectivity index (χ1) is 13.0. The van der Waals surface area contributed by atoms with Crippen molar-refractivity contribution in [1.82, 2.24) is 0 Å². The summed E-state index contributed by atoms with van der Waals surface area (Å²) < 4.78 is 19.4. The van der Waals surface area contributed by atoms with Crippen molar-refractivity contribution in [3.8, 4) is 0 Å². The Balaban J connectivity index is 2.00. The number of aliphatic hydroxyl groups excluding tert-OH is 1. The van der Waals surface area contributed by atoms with Gasteiger partial charge in [0.05, 0.1) is 18.1 Å². The Morgan fingerprint density at radius 3 is 2.32 bits per heavy atom. The fourth-order valence-electron chi connectivity index (χ4n) is 5.67. The van der Waals surface area contributed by atoms with E-state index in [4.69, 9.17) is 14.2 Å². The summed E-state index contributed by atoms with van der Waals surface area (Å²) in [5, 5.41) is 22.7. The monoisotopic (exact) mass is 394 g/mol. The van der Waals surface area contributed by atoms with E-state index >= 15 is 0 Å². The molecule has 4 fully saturated rings. The van der Waals surface area contributed by atoms with Crippen LogP contribution in [-0.4, -0.2) is 39.8 Å². The van der Waals surface area contributed by atoms with Crippen LogP contribution in [0.5, 0.6) is 0 Å². The molecule has 9 atom stereocenters. The van der Waals surface area contributed by atoms with Gasteiger partial charge in [-0.15, -0.1) is 0 Å². The molecule has 0 aromatic heterocycles. The van der Waals surface area contributed by atoms with E-state index in [1.807, 2.05) is 47.6 Å². The molecular formula is C23H38O5.